The number of aryl methyl sites for hydroxylation is 1. The van der Waals surface area contributed by atoms with Gasteiger partial charge in [-0.25, -0.2) is 9.97 Å². The molecule has 188 valence electrons. The molecular weight excluding hydrogens is 472 g/mol. The lowest BCUT2D eigenvalue weighted by Crippen LogP contribution is -2.54. The van der Waals surface area contributed by atoms with E-state index in [-0.39, 0.29) is 11.4 Å². The van der Waals surface area contributed by atoms with Gasteiger partial charge in [-0.05, 0) is 56.8 Å². The predicted octanol–water partition coefficient (Wildman–Crippen LogP) is 4.29. The van der Waals surface area contributed by atoms with Crippen LogP contribution in [0.25, 0.3) is 0 Å². The maximum atomic E-state index is 11.7. The summed E-state index contributed by atoms with van der Waals surface area (Å²) < 4.78 is 0. The summed E-state index contributed by atoms with van der Waals surface area (Å²) >= 11 is 1.47. The number of rotatable bonds is 8. The first-order chi connectivity index (χ1) is 17.3. The van der Waals surface area contributed by atoms with Gasteiger partial charge in [0.1, 0.15) is 17.5 Å². The van der Waals surface area contributed by atoms with Gasteiger partial charge in [-0.15, -0.1) is 6.42 Å². The molecule has 2 aromatic heterocycles. The van der Waals surface area contributed by atoms with E-state index in [1.807, 2.05) is 50.2 Å². The fraction of sp³-hybridized carbons (Fsp3) is 0.385. The zero-order chi connectivity index (χ0) is 25.7. The number of H-pyrrole nitrogens is 1. The number of carbonyl (C=O) groups excluding carboxylic acids is 1. The van der Waals surface area contributed by atoms with Crippen LogP contribution in [0.1, 0.15) is 32.9 Å². The maximum Gasteiger partial charge on any atom is 0.224 e. The molecule has 3 aromatic rings. The molecule has 1 fully saturated rings. The van der Waals surface area contributed by atoms with Gasteiger partial charge in [0, 0.05) is 55.3 Å². The zero-order valence-corrected chi connectivity index (χ0v) is 21.9. The van der Waals surface area contributed by atoms with Gasteiger partial charge >= 0.3 is 0 Å². The van der Waals surface area contributed by atoms with Crippen molar-refractivity contribution >= 4 is 40.8 Å². The number of terminal acetylenes is 1. The van der Waals surface area contributed by atoms with Crippen LogP contribution in [0.5, 0.6) is 0 Å². The van der Waals surface area contributed by atoms with E-state index < -0.39 is 0 Å². The monoisotopic (exact) mass is 504 g/mol. The van der Waals surface area contributed by atoms with Crippen molar-refractivity contribution in [2.75, 3.05) is 41.7 Å². The van der Waals surface area contributed by atoms with E-state index in [2.05, 4.69) is 50.4 Å². The number of hydrogen-bond acceptors (Lipinski definition) is 8. The molecule has 0 atom stereocenters. The second kappa shape index (κ2) is 11.0. The smallest absolute Gasteiger partial charge is 0.224 e. The summed E-state index contributed by atoms with van der Waals surface area (Å²) in [4.78, 5) is 26.8. The summed E-state index contributed by atoms with van der Waals surface area (Å²) in [6, 6.07) is 11.6. The van der Waals surface area contributed by atoms with Crippen molar-refractivity contribution in [2.24, 2.45) is 0 Å². The Bertz CT molecular complexity index is 1240. The van der Waals surface area contributed by atoms with Gasteiger partial charge in [-0.3, -0.25) is 14.8 Å². The van der Waals surface area contributed by atoms with Gasteiger partial charge in [-0.1, -0.05) is 12.8 Å². The minimum absolute atomic E-state index is 0.0121. The minimum Gasteiger partial charge on any atom is -0.354 e. The molecule has 0 saturated carbocycles. The molecule has 0 spiro atoms. The molecular formula is C26H32N8OS. The summed E-state index contributed by atoms with van der Waals surface area (Å²) in [5, 5.41) is 14.0. The van der Waals surface area contributed by atoms with Crippen molar-refractivity contribution in [3.05, 3.63) is 42.1 Å². The van der Waals surface area contributed by atoms with E-state index in [0.29, 0.717) is 17.4 Å². The van der Waals surface area contributed by atoms with Gasteiger partial charge in [0.25, 0.3) is 0 Å². The number of aromatic nitrogens is 4. The second-order valence-electron chi connectivity index (χ2n) is 9.15. The largest absolute Gasteiger partial charge is 0.354 e. The van der Waals surface area contributed by atoms with Crippen LogP contribution in [-0.4, -0.2) is 62.7 Å². The molecule has 10 heteroatoms. The minimum atomic E-state index is -0.271. The highest BCUT2D eigenvalue weighted by molar-refractivity contribution is 7.99. The number of anilines is 4. The molecule has 0 unspecified atom stereocenters. The van der Waals surface area contributed by atoms with Crippen molar-refractivity contribution in [1.29, 1.82) is 0 Å². The number of amides is 1. The molecule has 0 bridgehead atoms. The van der Waals surface area contributed by atoms with Crippen LogP contribution in [0.4, 0.5) is 23.1 Å². The van der Waals surface area contributed by atoms with Crippen LogP contribution < -0.4 is 15.5 Å². The predicted molar refractivity (Wildman–Crippen MR) is 145 cm³/mol. The van der Waals surface area contributed by atoms with Crippen LogP contribution in [0.3, 0.4) is 0 Å². The summed E-state index contributed by atoms with van der Waals surface area (Å²) in [5.41, 5.74) is 1.39. The third-order valence-electron chi connectivity index (χ3n) is 6.08. The van der Waals surface area contributed by atoms with Gasteiger partial charge in [-0.2, -0.15) is 5.10 Å². The second-order valence-corrected chi connectivity index (χ2v) is 10.2. The molecule has 1 aliphatic rings. The van der Waals surface area contributed by atoms with Gasteiger partial charge in [0.2, 0.25) is 5.91 Å². The Morgan fingerprint density at radius 1 is 1.17 bits per heavy atom. The van der Waals surface area contributed by atoms with Crippen LogP contribution in [0.2, 0.25) is 0 Å². The quantitative estimate of drug-likeness (QED) is 0.309. The maximum absolute atomic E-state index is 11.7. The summed E-state index contributed by atoms with van der Waals surface area (Å²) in [5.74, 6) is 5.19. The van der Waals surface area contributed by atoms with Crippen molar-refractivity contribution in [3.8, 4) is 12.3 Å². The Balaban J connectivity index is 1.55. The highest BCUT2D eigenvalue weighted by Crippen LogP contribution is 2.30. The molecule has 1 aromatic carbocycles. The highest BCUT2D eigenvalue weighted by atomic mass is 32.2. The van der Waals surface area contributed by atoms with E-state index >= 15 is 0 Å². The third-order valence-corrected chi connectivity index (χ3v) is 6.95. The number of nitrogens with zero attached hydrogens (tertiary/aromatic N) is 5. The number of hydrogen-bond donors (Lipinski definition) is 3. The number of piperazine rings is 1. The zero-order valence-electron chi connectivity index (χ0n) is 21.1. The lowest BCUT2D eigenvalue weighted by Gasteiger charge is -2.41. The van der Waals surface area contributed by atoms with Crippen molar-refractivity contribution < 1.29 is 4.79 Å². The number of aromatic amines is 1. The lowest BCUT2D eigenvalue weighted by molar-refractivity contribution is -0.115. The van der Waals surface area contributed by atoms with E-state index in [1.165, 1.54) is 11.8 Å². The molecule has 36 heavy (non-hydrogen) atoms. The molecule has 1 aliphatic heterocycles. The standard InChI is InChI=1S/C26H32N8OS/c1-6-24(35)27-19-8-10-20(11-9-19)36-25-29-21(28-22-16-18(3)31-32-22)17-23(30-25)33-12-14-34(15-13-33)26(4,5)7-2/h2,8-11,16-17H,6,12-15H2,1,3-5H3,(H,27,35)(H2,28,29,30,31,32). The molecule has 0 aliphatic carbocycles. The van der Waals surface area contributed by atoms with E-state index in [4.69, 9.17) is 16.4 Å². The van der Waals surface area contributed by atoms with Crippen molar-refractivity contribution in [3.63, 3.8) is 0 Å². The average Bonchev–Trinajstić information content (AvgIpc) is 3.29. The van der Waals surface area contributed by atoms with Gasteiger partial charge in [0.15, 0.2) is 5.16 Å². The highest BCUT2D eigenvalue weighted by Gasteiger charge is 2.29. The van der Waals surface area contributed by atoms with Gasteiger partial charge < -0.3 is 15.5 Å². The normalized spacial score (nSPS) is 14.4. The molecule has 4 rings (SSSR count). The Kier molecular flexibility index (Phi) is 7.82. The SMILES string of the molecule is C#CC(C)(C)N1CCN(c2cc(Nc3cc(C)n[nH]3)nc(Sc3ccc(NC(=O)CC)cc3)n2)CC1. The Hall–Kier alpha value is -3.55. The summed E-state index contributed by atoms with van der Waals surface area (Å²) in [7, 11) is 0. The average molecular weight is 505 g/mol. The Labute approximate surface area is 216 Å². The lowest BCUT2D eigenvalue weighted by atomic mass is 10.0. The molecule has 3 N–H and O–H groups in total. The first-order valence-corrected chi connectivity index (χ1v) is 12.8. The Morgan fingerprint density at radius 2 is 1.89 bits per heavy atom. The van der Waals surface area contributed by atoms with Crippen LogP contribution in [0.15, 0.2) is 46.5 Å². The van der Waals surface area contributed by atoms with Gasteiger partial charge in [0.05, 0.1) is 11.2 Å². The fourth-order valence-electron chi connectivity index (χ4n) is 3.86. The first kappa shape index (κ1) is 25.5. The van der Waals surface area contributed by atoms with Crippen LogP contribution in [0, 0.1) is 19.3 Å². The Morgan fingerprint density at radius 3 is 2.50 bits per heavy atom. The fourth-order valence-corrected chi connectivity index (χ4v) is 4.62. The molecule has 0 radical (unpaired) electrons. The third kappa shape index (κ3) is 6.36. The number of nitrogens with one attached hydrogen (secondary N) is 3. The van der Waals surface area contributed by atoms with E-state index in [0.717, 1.165) is 54.1 Å². The van der Waals surface area contributed by atoms with E-state index in [1.54, 1.807) is 0 Å². The van der Waals surface area contributed by atoms with Crippen LogP contribution in [-0.2, 0) is 4.79 Å². The molecule has 1 saturated heterocycles. The topological polar surface area (TPSA) is 102 Å². The summed E-state index contributed by atoms with van der Waals surface area (Å²) in [6.07, 6.45) is 6.19. The molecule has 9 nitrogen and oxygen atoms in total. The summed E-state index contributed by atoms with van der Waals surface area (Å²) in [6.45, 7) is 11.3. The van der Waals surface area contributed by atoms with Crippen molar-refractivity contribution in [2.45, 2.75) is 49.7 Å². The molecule has 1 amide bonds. The first-order valence-electron chi connectivity index (χ1n) is 12.0. The van der Waals surface area contributed by atoms with Crippen molar-refractivity contribution in [1.82, 2.24) is 25.1 Å². The number of benzene rings is 1. The van der Waals surface area contributed by atoms with E-state index in [9.17, 15) is 4.79 Å². The number of carbonyl (C=O) groups is 1. The molecule has 3 heterocycles. The van der Waals surface area contributed by atoms with Crippen LogP contribution >= 0.6 is 11.8 Å².